The quantitative estimate of drug-likeness (QED) is 0.396. The van der Waals surface area contributed by atoms with Crippen LogP contribution in [0.15, 0.2) is 12.2 Å². The molecular formula is C23H34FN5O4. The molecule has 0 aromatic heterocycles. The van der Waals surface area contributed by atoms with Gasteiger partial charge in [0.05, 0.1) is 12.6 Å². The summed E-state index contributed by atoms with van der Waals surface area (Å²) in [7, 11) is 0. The van der Waals surface area contributed by atoms with E-state index in [-0.39, 0.29) is 30.7 Å². The van der Waals surface area contributed by atoms with Crippen molar-refractivity contribution in [1.29, 1.82) is 0 Å². The van der Waals surface area contributed by atoms with Crippen LogP contribution in [0.5, 0.6) is 0 Å². The Labute approximate surface area is 192 Å². The molecule has 4 aliphatic rings. The van der Waals surface area contributed by atoms with E-state index in [1.54, 1.807) is 0 Å². The monoisotopic (exact) mass is 463 g/mol. The summed E-state index contributed by atoms with van der Waals surface area (Å²) in [4.78, 5) is 52.2. The zero-order valence-corrected chi connectivity index (χ0v) is 19.3. The van der Waals surface area contributed by atoms with Crippen LogP contribution in [0.2, 0.25) is 0 Å². The minimum absolute atomic E-state index is 0.0620. The van der Waals surface area contributed by atoms with Gasteiger partial charge in [-0.15, -0.1) is 0 Å². The van der Waals surface area contributed by atoms with Crippen LogP contribution in [-0.4, -0.2) is 65.4 Å². The molecule has 10 heteroatoms. The number of hydrogen-bond acceptors (Lipinski definition) is 5. The molecule has 0 unspecified atom stereocenters. The number of nitrogens with two attached hydrogens (primary N) is 2. The van der Waals surface area contributed by atoms with Gasteiger partial charge in [0.2, 0.25) is 23.6 Å². The van der Waals surface area contributed by atoms with Crippen LogP contribution in [-0.2, 0) is 19.2 Å². The van der Waals surface area contributed by atoms with Gasteiger partial charge in [-0.1, -0.05) is 32.9 Å². The van der Waals surface area contributed by atoms with Gasteiger partial charge in [0.15, 0.2) is 0 Å². The Bertz CT molecular complexity index is 902. The van der Waals surface area contributed by atoms with Gasteiger partial charge in [-0.3, -0.25) is 19.2 Å². The van der Waals surface area contributed by atoms with E-state index in [1.165, 1.54) is 4.90 Å². The standard InChI is InChI=1S/C23H34FN5O4/c1-22(2,3)17(25)21(33)29-10-23(24)13-5-4-11(8-13)15(23)16(29)20(32)28-14(18(26)30)9-12-6-7-27-19(12)31/h4-5,11-17H,6-10,25H2,1-3H3,(H2,26,30)(H,27,31)(H,28,32)/t11-,12-,13+,14-,15+,16-,17+,23-/m0/s1. The predicted molar refractivity (Wildman–Crippen MR) is 118 cm³/mol. The smallest absolute Gasteiger partial charge is 0.243 e. The summed E-state index contributed by atoms with van der Waals surface area (Å²) in [6.45, 7) is 5.73. The molecule has 182 valence electrons. The maximum absolute atomic E-state index is 16.2. The van der Waals surface area contributed by atoms with Crippen molar-refractivity contribution in [2.45, 2.75) is 63.8 Å². The van der Waals surface area contributed by atoms with Gasteiger partial charge in [-0.2, -0.15) is 0 Å². The van der Waals surface area contributed by atoms with Crippen molar-refractivity contribution in [3.05, 3.63) is 12.2 Å². The number of amides is 4. The van der Waals surface area contributed by atoms with Gasteiger partial charge in [0.1, 0.15) is 17.8 Å². The molecule has 8 atom stereocenters. The maximum atomic E-state index is 16.2. The van der Waals surface area contributed by atoms with Crippen LogP contribution in [0.3, 0.4) is 0 Å². The normalized spacial score (nSPS) is 36.5. The molecule has 2 saturated heterocycles. The van der Waals surface area contributed by atoms with Crippen LogP contribution in [0.1, 0.15) is 40.0 Å². The van der Waals surface area contributed by atoms with E-state index in [0.717, 1.165) is 0 Å². The number of alkyl halides is 1. The summed E-state index contributed by atoms with van der Waals surface area (Å²) >= 11 is 0. The van der Waals surface area contributed by atoms with Crippen LogP contribution < -0.4 is 22.1 Å². The second-order valence-electron chi connectivity index (χ2n) is 11.1. The number of fused-ring (bicyclic) bond motifs is 5. The zero-order chi connectivity index (χ0) is 24.3. The summed E-state index contributed by atoms with van der Waals surface area (Å²) in [5.74, 6) is -3.77. The second kappa shape index (κ2) is 8.07. The predicted octanol–water partition coefficient (Wildman–Crippen LogP) is -0.403. The largest absolute Gasteiger partial charge is 0.368 e. The highest BCUT2D eigenvalue weighted by molar-refractivity contribution is 5.94. The van der Waals surface area contributed by atoms with Gasteiger partial charge in [-0.05, 0) is 30.6 Å². The Morgan fingerprint density at radius 1 is 1.33 bits per heavy atom. The number of primary amides is 1. The first-order chi connectivity index (χ1) is 15.3. The molecule has 6 N–H and O–H groups in total. The van der Waals surface area contributed by atoms with E-state index in [0.29, 0.717) is 19.4 Å². The summed E-state index contributed by atoms with van der Waals surface area (Å²) in [5, 5.41) is 5.34. The fourth-order valence-corrected chi connectivity index (χ4v) is 5.95. The van der Waals surface area contributed by atoms with E-state index >= 15 is 4.39 Å². The third kappa shape index (κ3) is 3.92. The molecule has 2 heterocycles. The van der Waals surface area contributed by atoms with Crippen LogP contribution >= 0.6 is 0 Å². The minimum atomic E-state index is -1.72. The molecule has 0 radical (unpaired) electrons. The lowest BCUT2D eigenvalue weighted by Crippen LogP contribution is -2.58. The molecule has 0 aromatic rings. The molecule has 9 nitrogen and oxygen atoms in total. The highest BCUT2D eigenvalue weighted by Crippen LogP contribution is 2.58. The number of nitrogens with zero attached hydrogens (tertiary/aromatic N) is 1. The summed E-state index contributed by atoms with van der Waals surface area (Å²) in [5.41, 5.74) is 9.44. The Hall–Kier alpha value is -2.49. The van der Waals surface area contributed by atoms with Gasteiger partial charge < -0.3 is 27.0 Å². The lowest BCUT2D eigenvalue weighted by molar-refractivity contribution is -0.143. The molecule has 2 bridgehead atoms. The number of carbonyl (C=O) groups is 4. The minimum Gasteiger partial charge on any atom is -0.368 e. The number of allylic oxidation sites excluding steroid dienone is 2. The van der Waals surface area contributed by atoms with Crippen molar-refractivity contribution in [2.75, 3.05) is 13.1 Å². The number of nitrogens with one attached hydrogen (secondary N) is 2. The molecule has 3 fully saturated rings. The lowest BCUT2D eigenvalue weighted by Gasteiger charge is -2.34. The van der Waals surface area contributed by atoms with E-state index < -0.39 is 58.8 Å². The van der Waals surface area contributed by atoms with Crippen molar-refractivity contribution in [2.24, 2.45) is 40.6 Å². The van der Waals surface area contributed by atoms with Crippen molar-refractivity contribution >= 4 is 23.6 Å². The first-order valence-electron chi connectivity index (χ1n) is 11.6. The number of hydrogen-bond donors (Lipinski definition) is 4. The topological polar surface area (TPSA) is 148 Å². The Kier molecular flexibility index (Phi) is 5.79. The molecule has 2 aliphatic carbocycles. The molecule has 33 heavy (non-hydrogen) atoms. The van der Waals surface area contributed by atoms with E-state index in [4.69, 9.17) is 11.5 Å². The molecule has 2 aliphatic heterocycles. The van der Waals surface area contributed by atoms with Crippen molar-refractivity contribution in [3.63, 3.8) is 0 Å². The van der Waals surface area contributed by atoms with Crippen LogP contribution in [0.25, 0.3) is 0 Å². The maximum Gasteiger partial charge on any atom is 0.243 e. The van der Waals surface area contributed by atoms with E-state index in [2.05, 4.69) is 10.6 Å². The second-order valence-corrected chi connectivity index (χ2v) is 11.1. The number of halogens is 1. The van der Waals surface area contributed by atoms with Crippen molar-refractivity contribution in [1.82, 2.24) is 15.5 Å². The van der Waals surface area contributed by atoms with Gasteiger partial charge in [0.25, 0.3) is 0 Å². The van der Waals surface area contributed by atoms with Crippen LogP contribution in [0.4, 0.5) is 4.39 Å². The molecule has 1 saturated carbocycles. The summed E-state index contributed by atoms with van der Waals surface area (Å²) < 4.78 is 16.2. The molecule has 0 spiro atoms. The SMILES string of the molecule is CC(C)(C)[C@H](N)C(=O)N1C[C@@]2(F)[C@@H]([C@H]1C(=O)N[C@@H](C[C@@H]1CCNC1=O)C(N)=O)[C@H]1C=C[C@@H]2C1. The summed E-state index contributed by atoms with van der Waals surface area (Å²) in [6.07, 6.45) is 4.95. The fourth-order valence-electron chi connectivity index (χ4n) is 5.95. The third-order valence-corrected chi connectivity index (χ3v) is 7.93. The van der Waals surface area contributed by atoms with Crippen molar-refractivity contribution in [3.8, 4) is 0 Å². The van der Waals surface area contributed by atoms with Gasteiger partial charge >= 0.3 is 0 Å². The first-order valence-corrected chi connectivity index (χ1v) is 11.6. The molecule has 4 rings (SSSR count). The fraction of sp³-hybridized carbons (Fsp3) is 0.739. The van der Waals surface area contributed by atoms with E-state index in [9.17, 15) is 19.2 Å². The average molecular weight is 464 g/mol. The first kappa shape index (κ1) is 23.7. The lowest BCUT2D eigenvalue weighted by atomic mass is 9.79. The Morgan fingerprint density at radius 2 is 2.03 bits per heavy atom. The molecule has 4 amide bonds. The molecule has 0 aromatic carbocycles. The number of rotatable bonds is 6. The van der Waals surface area contributed by atoms with Crippen molar-refractivity contribution < 1.29 is 23.6 Å². The molecular weight excluding hydrogens is 429 g/mol. The zero-order valence-electron chi connectivity index (χ0n) is 19.3. The number of likely N-dealkylation sites (tertiary alicyclic amines) is 1. The highest BCUT2D eigenvalue weighted by atomic mass is 19.1. The number of carbonyl (C=O) groups excluding carboxylic acids is 4. The van der Waals surface area contributed by atoms with Gasteiger partial charge in [-0.25, -0.2) is 4.39 Å². The highest BCUT2D eigenvalue weighted by Gasteiger charge is 2.68. The summed E-state index contributed by atoms with van der Waals surface area (Å²) in [6, 6.07) is -3.12. The van der Waals surface area contributed by atoms with E-state index in [1.807, 2.05) is 32.9 Å². The van der Waals surface area contributed by atoms with Gasteiger partial charge in [0, 0.05) is 24.3 Å². The Morgan fingerprint density at radius 3 is 2.61 bits per heavy atom. The Balaban J connectivity index is 1.60. The third-order valence-electron chi connectivity index (χ3n) is 7.93. The average Bonchev–Trinajstić information content (AvgIpc) is 3.47. The van der Waals surface area contributed by atoms with Crippen LogP contribution in [0, 0.1) is 29.1 Å².